The van der Waals surface area contributed by atoms with Gasteiger partial charge in [-0.05, 0) is 36.8 Å². The number of carbonyl (C=O) groups excluding carboxylic acids is 3. The van der Waals surface area contributed by atoms with Crippen molar-refractivity contribution in [1.82, 2.24) is 14.7 Å². The van der Waals surface area contributed by atoms with Crippen molar-refractivity contribution >= 4 is 17.7 Å². The Morgan fingerprint density at radius 2 is 1.66 bits per heavy atom. The summed E-state index contributed by atoms with van der Waals surface area (Å²) in [5.74, 6) is -2.19. The molecule has 0 saturated carbocycles. The molecule has 44 heavy (non-hydrogen) atoms. The van der Waals surface area contributed by atoms with Crippen LogP contribution in [-0.4, -0.2) is 87.6 Å². The molecule has 2 aromatic rings. The van der Waals surface area contributed by atoms with Gasteiger partial charge in [0.1, 0.15) is 11.6 Å². The molecule has 3 saturated heterocycles. The van der Waals surface area contributed by atoms with E-state index in [1.165, 1.54) is 0 Å². The molecule has 8 heteroatoms. The molecule has 2 aromatic carbocycles. The molecule has 5 rings (SSSR count). The molecule has 234 valence electrons. The molecule has 1 spiro atoms. The number of hydrogen-bond acceptors (Lipinski definition) is 5. The Morgan fingerprint density at radius 3 is 2.27 bits per heavy atom. The Hall–Kier alpha value is -3.75. The van der Waals surface area contributed by atoms with Crippen LogP contribution in [-0.2, 0) is 32.1 Å². The summed E-state index contributed by atoms with van der Waals surface area (Å²) in [5.41, 5.74) is 0.793. The van der Waals surface area contributed by atoms with Crippen LogP contribution in [0.3, 0.4) is 0 Å². The zero-order valence-electron chi connectivity index (χ0n) is 25.7. The van der Waals surface area contributed by atoms with Gasteiger partial charge in [-0.2, -0.15) is 0 Å². The van der Waals surface area contributed by atoms with Gasteiger partial charge in [0.25, 0.3) is 0 Å². The second-order valence-electron chi connectivity index (χ2n) is 12.2. The van der Waals surface area contributed by atoms with E-state index < -0.39 is 35.6 Å². The van der Waals surface area contributed by atoms with Crippen molar-refractivity contribution in [3.8, 4) is 0 Å². The van der Waals surface area contributed by atoms with Crippen molar-refractivity contribution in [1.29, 1.82) is 0 Å². The van der Waals surface area contributed by atoms with Crippen molar-refractivity contribution in [2.24, 2.45) is 11.8 Å². The predicted molar refractivity (Wildman–Crippen MR) is 169 cm³/mol. The standard InChI is InChI=1S/C36H45N3O5/c1-4-7-22-37(20-5-2)35(43)32-36-19-18-29(44-36)30(33(41)38(21-6-3)24-27-16-12-9-13-17-27)31(36)34(42)39(32)28(25-40)23-26-14-10-8-11-15-26/h5-6,8-17,28-32,40H,2-4,7,18-25H2,1H3/t28-,29+,30-,31+,32?,36?/m1/s1. The Balaban J connectivity index is 1.54. The zero-order chi connectivity index (χ0) is 31.3. The number of aliphatic hydroxyl groups is 1. The first kappa shape index (κ1) is 31.7. The van der Waals surface area contributed by atoms with Gasteiger partial charge >= 0.3 is 0 Å². The van der Waals surface area contributed by atoms with Gasteiger partial charge in [0.15, 0.2) is 0 Å². The molecule has 0 aromatic heterocycles. The number of aliphatic hydroxyl groups excluding tert-OH is 1. The minimum absolute atomic E-state index is 0.163. The van der Waals surface area contributed by atoms with Crippen LogP contribution in [0, 0.1) is 11.8 Å². The van der Waals surface area contributed by atoms with E-state index in [0.717, 1.165) is 24.0 Å². The molecule has 1 N–H and O–H groups in total. The van der Waals surface area contributed by atoms with Gasteiger partial charge in [0.2, 0.25) is 17.7 Å². The second kappa shape index (κ2) is 13.9. The van der Waals surface area contributed by atoms with E-state index in [-0.39, 0.29) is 24.3 Å². The number of likely N-dealkylation sites (tertiary alicyclic amines) is 1. The molecule has 3 aliphatic rings. The third-order valence-electron chi connectivity index (χ3n) is 9.50. The molecule has 2 bridgehead atoms. The number of benzene rings is 2. The predicted octanol–water partition coefficient (Wildman–Crippen LogP) is 3.99. The lowest BCUT2D eigenvalue weighted by Crippen LogP contribution is -2.59. The van der Waals surface area contributed by atoms with E-state index >= 15 is 0 Å². The number of carbonyl (C=O) groups is 3. The third kappa shape index (κ3) is 5.85. The number of rotatable bonds is 15. The van der Waals surface area contributed by atoms with Crippen LogP contribution in [0.25, 0.3) is 0 Å². The molecule has 6 atom stereocenters. The quantitative estimate of drug-likeness (QED) is 0.313. The number of amides is 3. The Bertz CT molecular complexity index is 1330. The van der Waals surface area contributed by atoms with Gasteiger partial charge in [0, 0.05) is 26.2 Å². The lowest BCUT2D eigenvalue weighted by atomic mass is 9.70. The fourth-order valence-electron chi connectivity index (χ4n) is 7.55. The minimum atomic E-state index is -1.14. The lowest BCUT2D eigenvalue weighted by Gasteiger charge is -2.39. The van der Waals surface area contributed by atoms with E-state index in [1.807, 2.05) is 60.7 Å². The SMILES string of the molecule is C=CCN(CCCC)C(=O)C1N([C@@H](CO)Cc2ccccc2)C(=O)[C@@H]2[C@H](C(=O)N(CC=C)Cc3ccccc3)[C@@H]3CCC12O3. The van der Waals surface area contributed by atoms with Crippen molar-refractivity contribution in [3.05, 3.63) is 97.1 Å². The monoisotopic (exact) mass is 599 g/mol. The van der Waals surface area contributed by atoms with Crippen molar-refractivity contribution < 1.29 is 24.2 Å². The van der Waals surface area contributed by atoms with E-state index in [4.69, 9.17) is 4.74 Å². The summed E-state index contributed by atoms with van der Waals surface area (Å²) < 4.78 is 6.72. The molecule has 3 aliphatic heterocycles. The van der Waals surface area contributed by atoms with Gasteiger partial charge in [-0.15, -0.1) is 13.2 Å². The summed E-state index contributed by atoms with van der Waals surface area (Å²) in [6, 6.07) is 17.8. The molecule has 0 radical (unpaired) electrons. The zero-order valence-corrected chi connectivity index (χ0v) is 25.7. The van der Waals surface area contributed by atoms with Crippen LogP contribution in [0.15, 0.2) is 86.0 Å². The molecule has 8 nitrogen and oxygen atoms in total. The molecule has 3 fully saturated rings. The molecular weight excluding hydrogens is 554 g/mol. The van der Waals surface area contributed by atoms with Gasteiger partial charge in [0.05, 0.1) is 30.6 Å². The van der Waals surface area contributed by atoms with Gasteiger partial charge in [-0.25, -0.2) is 0 Å². The van der Waals surface area contributed by atoms with Gasteiger partial charge in [-0.3, -0.25) is 14.4 Å². The highest BCUT2D eigenvalue weighted by Gasteiger charge is 2.75. The molecular formula is C36H45N3O5. The number of nitrogens with zero attached hydrogens (tertiary/aromatic N) is 3. The van der Waals surface area contributed by atoms with Crippen LogP contribution in [0.5, 0.6) is 0 Å². The number of ether oxygens (including phenoxy) is 1. The average molecular weight is 600 g/mol. The topological polar surface area (TPSA) is 90.4 Å². The van der Waals surface area contributed by atoms with Crippen LogP contribution in [0.2, 0.25) is 0 Å². The fourth-order valence-corrected chi connectivity index (χ4v) is 7.55. The minimum Gasteiger partial charge on any atom is -0.394 e. The summed E-state index contributed by atoms with van der Waals surface area (Å²) in [6.45, 7) is 11.1. The van der Waals surface area contributed by atoms with Gasteiger partial charge in [-0.1, -0.05) is 86.2 Å². The third-order valence-corrected chi connectivity index (χ3v) is 9.50. The molecule has 2 unspecified atom stereocenters. The van der Waals surface area contributed by atoms with Crippen LogP contribution in [0.4, 0.5) is 0 Å². The Kier molecular flexibility index (Phi) is 10.0. The average Bonchev–Trinajstić information content (AvgIpc) is 3.69. The number of unbranched alkanes of at least 4 members (excludes halogenated alkanes) is 1. The maximum Gasteiger partial charge on any atom is 0.248 e. The summed E-state index contributed by atoms with van der Waals surface area (Å²) in [5, 5.41) is 10.7. The smallest absolute Gasteiger partial charge is 0.248 e. The highest BCUT2D eigenvalue weighted by atomic mass is 16.5. The van der Waals surface area contributed by atoms with Crippen LogP contribution >= 0.6 is 0 Å². The van der Waals surface area contributed by atoms with E-state index in [1.54, 1.807) is 26.9 Å². The maximum absolute atomic E-state index is 14.7. The van der Waals surface area contributed by atoms with E-state index in [0.29, 0.717) is 45.4 Å². The Labute approximate surface area is 261 Å². The van der Waals surface area contributed by atoms with E-state index in [9.17, 15) is 19.5 Å². The summed E-state index contributed by atoms with van der Waals surface area (Å²) >= 11 is 0. The molecule has 3 amide bonds. The normalized spacial score (nSPS) is 25.9. The largest absolute Gasteiger partial charge is 0.394 e. The van der Waals surface area contributed by atoms with Crippen molar-refractivity contribution in [3.63, 3.8) is 0 Å². The highest BCUT2D eigenvalue weighted by molar-refractivity contribution is 5.99. The van der Waals surface area contributed by atoms with Crippen molar-refractivity contribution in [2.45, 2.75) is 69.4 Å². The first-order valence-corrected chi connectivity index (χ1v) is 15.9. The Morgan fingerprint density at radius 1 is 1.02 bits per heavy atom. The van der Waals surface area contributed by atoms with Crippen LogP contribution < -0.4 is 0 Å². The highest BCUT2D eigenvalue weighted by Crippen LogP contribution is 2.59. The second-order valence-corrected chi connectivity index (χ2v) is 12.2. The maximum atomic E-state index is 14.7. The van der Waals surface area contributed by atoms with Crippen molar-refractivity contribution in [2.75, 3.05) is 26.2 Å². The summed E-state index contributed by atoms with van der Waals surface area (Å²) in [7, 11) is 0. The number of hydrogen-bond donors (Lipinski definition) is 1. The molecule has 0 aliphatic carbocycles. The number of fused-ring (bicyclic) bond motifs is 1. The fraction of sp³-hybridized carbons (Fsp3) is 0.472. The first-order chi connectivity index (χ1) is 21.4. The molecule has 3 heterocycles. The first-order valence-electron chi connectivity index (χ1n) is 15.9. The lowest BCUT2D eigenvalue weighted by molar-refractivity contribution is -0.152. The van der Waals surface area contributed by atoms with Crippen LogP contribution in [0.1, 0.15) is 43.7 Å². The summed E-state index contributed by atoms with van der Waals surface area (Å²) in [4.78, 5) is 48.7. The van der Waals surface area contributed by atoms with E-state index in [2.05, 4.69) is 20.1 Å². The van der Waals surface area contributed by atoms with Gasteiger partial charge < -0.3 is 24.5 Å². The summed E-state index contributed by atoms with van der Waals surface area (Å²) in [6.07, 6.45) is 6.13.